The van der Waals surface area contributed by atoms with Crippen molar-refractivity contribution >= 4 is 32.7 Å². The molecule has 0 radical (unpaired) electrons. The number of cyclic esters (lactones) is 1. The van der Waals surface area contributed by atoms with E-state index < -0.39 is 12.2 Å². The van der Waals surface area contributed by atoms with Crippen LogP contribution in [0.5, 0.6) is 11.5 Å². The molecule has 1 unspecified atom stereocenters. The van der Waals surface area contributed by atoms with Gasteiger partial charge in [-0.15, -0.1) is 0 Å². The van der Waals surface area contributed by atoms with Gasteiger partial charge in [0.25, 0.3) is 0 Å². The number of carbonyl (C=O) groups is 1. The van der Waals surface area contributed by atoms with E-state index in [9.17, 15) is 9.18 Å². The van der Waals surface area contributed by atoms with E-state index in [0.29, 0.717) is 38.0 Å². The monoisotopic (exact) mass is 360 g/mol. The number of esters is 1. The summed E-state index contributed by atoms with van der Waals surface area (Å²) in [5.41, 5.74) is 1.63. The number of anilines is 1. The second-order valence-corrected chi connectivity index (χ2v) is 6.36. The van der Waals surface area contributed by atoms with Crippen LogP contribution < -0.4 is 14.8 Å². The number of hydrogen-bond donors (Lipinski definition) is 1. The highest BCUT2D eigenvalue weighted by Gasteiger charge is 2.36. The number of halogens is 1. The first-order valence-corrected chi connectivity index (χ1v) is 8.21. The van der Waals surface area contributed by atoms with Crippen LogP contribution in [0.3, 0.4) is 0 Å². The Morgan fingerprint density at radius 1 is 1.24 bits per heavy atom. The van der Waals surface area contributed by atoms with Gasteiger partial charge in [0.1, 0.15) is 11.4 Å². The lowest BCUT2D eigenvalue weighted by atomic mass is 10.1. The number of ether oxygens (including phenoxy) is 3. The van der Waals surface area contributed by atoms with Gasteiger partial charge in [-0.25, -0.2) is 14.2 Å². The maximum atomic E-state index is 13.3. The molecular weight excluding hydrogens is 347 g/mol. The molecule has 1 N–H and O–H groups in total. The zero-order valence-electron chi connectivity index (χ0n) is 13.3. The summed E-state index contributed by atoms with van der Waals surface area (Å²) in [5, 5.41) is 3.60. The van der Waals surface area contributed by atoms with Gasteiger partial charge in [0.2, 0.25) is 6.23 Å². The fraction of sp³-hybridized carbons (Fsp3) is 0.176. The Labute approximate surface area is 146 Å². The Morgan fingerprint density at radius 3 is 2.84 bits per heavy atom. The van der Waals surface area contributed by atoms with E-state index in [0.717, 1.165) is 0 Å². The molecule has 128 valence electrons. The minimum Gasteiger partial charge on any atom is -0.493 e. The van der Waals surface area contributed by atoms with Crippen molar-refractivity contribution in [3.05, 3.63) is 47.3 Å². The van der Waals surface area contributed by atoms with E-state index in [1.165, 1.54) is 37.7 Å². The van der Waals surface area contributed by atoms with Crippen LogP contribution >= 0.6 is 11.3 Å². The molecule has 1 aliphatic rings. The van der Waals surface area contributed by atoms with Crippen molar-refractivity contribution in [3.8, 4) is 11.5 Å². The molecule has 2 aromatic carbocycles. The van der Waals surface area contributed by atoms with E-state index >= 15 is 0 Å². The van der Waals surface area contributed by atoms with Crippen molar-refractivity contribution < 1.29 is 23.4 Å². The molecule has 25 heavy (non-hydrogen) atoms. The molecule has 0 saturated heterocycles. The summed E-state index contributed by atoms with van der Waals surface area (Å²) in [6.45, 7) is 0. The van der Waals surface area contributed by atoms with Gasteiger partial charge in [-0.2, -0.15) is 0 Å². The molecule has 1 aliphatic heterocycles. The number of hydrogen-bond acceptors (Lipinski definition) is 7. The van der Waals surface area contributed by atoms with Gasteiger partial charge in [0.05, 0.1) is 24.4 Å². The van der Waals surface area contributed by atoms with Crippen molar-refractivity contribution in [2.75, 3.05) is 19.5 Å². The number of fused-ring (bicyclic) bond motifs is 2. The zero-order valence-corrected chi connectivity index (χ0v) is 14.1. The van der Waals surface area contributed by atoms with Crippen molar-refractivity contribution in [1.29, 1.82) is 0 Å². The lowest BCUT2D eigenvalue weighted by Crippen LogP contribution is -2.09. The fourth-order valence-electron chi connectivity index (χ4n) is 2.78. The molecule has 0 spiro atoms. The first-order valence-electron chi connectivity index (χ1n) is 7.39. The average molecular weight is 360 g/mol. The third-order valence-corrected chi connectivity index (χ3v) is 4.84. The molecule has 0 bridgehead atoms. The molecule has 0 fully saturated rings. The minimum absolute atomic E-state index is 0.322. The predicted molar refractivity (Wildman–Crippen MR) is 90.9 cm³/mol. The molecule has 0 amide bonds. The molecule has 1 aromatic heterocycles. The highest BCUT2D eigenvalue weighted by Crippen LogP contribution is 2.42. The van der Waals surface area contributed by atoms with Crippen LogP contribution in [-0.4, -0.2) is 25.2 Å². The van der Waals surface area contributed by atoms with E-state index in [-0.39, 0.29) is 5.82 Å². The van der Waals surface area contributed by atoms with E-state index in [1.54, 1.807) is 18.2 Å². The second kappa shape index (κ2) is 5.89. The number of aromatic nitrogens is 1. The van der Waals surface area contributed by atoms with Crippen molar-refractivity contribution in [2.45, 2.75) is 6.23 Å². The average Bonchev–Trinajstić information content (AvgIpc) is 3.14. The molecular formula is C17H13FN2O4S. The molecule has 1 atom stereocenters. The Hall–Kier alpha value is -2.87. The number of benzene rings is 2. The lowest BCUT2D eigenvalue weighted by molar-refractivity contribution is 0.0435. The molecule has 0 saturated carbocycles. The summed E-state index contributed by atoms with van der Waals surface area (Å²) < 4.78 is 29.9. The lowest BCUT2D eigenvalue weighted by Gasteiger charge is -2.13. The quantitative estimate of drug-likeness (QED) is 0.715. The largest absolute Gasteiger partial charge is 0.493 e. The van der Waals surface area contributed by atoms with Gasteiger partial charge in [-0.1, -0.05) is 11.3 Å². The normalized spacial score (nSPS) is 15.8. The number of methoxy groups -OCH3 is 2. The van der Waals surface area contributed by atoms with Crippen molar-refractivity contribution in [3.63, 3.8) is 0 Å². The number of nitrogens with one attached hydrogen (secondary N) is 1. The van der Waals surface area contributed by atoms with Gasteiger partial charge < -0.3 is 19.5 Å². The van der Waals surface area contributed by atoms with Gasteiger partial charge in [0, 0.05) is 5.56 Å². The Kier molecular flexibility index (Phi) is 3.69. The Morgan fingerprint density at radius 2 is 2.08 bits per heavy atom. The molecule has 3 aromatic rings. The Bertz CT molecular complexity index is 988. The summed E-state index contributed by atoms with van der Waals surface area (Å²) in [7, 11) is 2.97. The maximum absolute atomic E-state index is 13.3. The minimum atomic E-state index is -0.701. The van der Waals surface area contributed by atoms with Gasteiger partial charge in [-0.05, 0) is 30.3 Å². The van der Waals surface area contributed by atoms with Gasteiger partial charge in [0.15, 0.2) is 16.6 Å². The van der Waals surface area contributed by atoms with Crippen molar-refractivity contribution in [1.82, 2.24) is 4.98 Å². The molecule has 4 rings (SSSR count). The third-order valence-electron chi connectivity index (χ3n) is 3.89. The molecule has 2 heterocycles. The molecule has 6 nitrogen and oxygen atoms in total. The number of nitrogens with zero attached hydrogens (tertiary/aromatic N) is 1. The van der Waals surface area contributed by atoms with Crippen LogP contribution in [-0.2, 0) is 4.74 Å². The van der Waals surface area contributed by atoms with Crippen LogP contribution in [0.1, 0.15) is 22.1 Å². The first-order chi connectivity index (χ1) is 12.1. The highest BCUT2D eigenvalue weighted by atomic mass is 32.1. The number of carbonyl (C=O) groups excluding carboxylic acids is 1. The van der Waals surface area contributed by atoms with Crippen LogP contribution in [0, 0.1) is 5.82 Å². The van der Waals surface area contributed by atoms with Gasteiger partial charge in [-0.3, -0.25) is 0 Å². The summed E-state index contributed by atoms with van der Waals surface area (Å²) in [6, 6.07) is 7.83. The molecule has 8 heteroatoms. The number of rotatable bonds is 4. The first kappa shape index (κ1) is 15.6. The number of thiazole rings is 1. The standard InChI is InChI=1S/C17H13FN2O4S/c1-22-11-6-4-9-13(14(11)23-2)16(21)24-15(9)20-17-19-10-5-3-8(18)7-12(10)25-17/h3-7,15H,1-2H3,(H,19,20). The highest BCUT2D eigenvalue weighted by molar-refractivity contribution is 7.22. The van der Waals surface area contributed by atoms with E-state index in [2.05, 4.69) is 10.3 Å². The third kappa shape index (κ3) is 2.54. The topological polar surface area (TPSA) is 69.7 Å². The van der Waals surface area contributed by atoms with Crippen LogP contribution in [0.2, 0.25) is 0 Å². The molecule has 0 aliphatic carbocycles. The second-order valence-electron chi connectivity index (χ2n) is 5.33. The van der Waals surface area contributed by atoms with Gasteiger partial charge >= 0.3 is 5.97 Å². The predicted octanol–water partition coefficient (Wildman–Crippen LogP) is 3.73. The SMILES string of the molecule is COc1ccc2c(c1OC)C(=O)OC2Nc1nc2ccc(F)cc2s1. The summed E-state index contributed by atoms with van der Waals surface area (Å²) in [4.78, 5) is 16.7. The van der Waals surface area contributed by atoms with Crippen LogP contribution in [0.4, 0.5) is 9.52 Å². The summed E-state index contributed by atoms with van der Waals surface area (Å²) in [6.07, 6.45) is -0.701. The smallest absolute Gasteiger partial charge is 0.344 e. The maximum Gasteiger partial charge on any atom is 0.344 e. The van der Waals surface area contributed by atoms with E-state index in [1.807, 2.05) is 0 Å². The fourth-order valence-corrected chi connectivity index (χ4v) is 3.69. The van der Waals surface area contributed by atoms with Crippen molar-refractivity contribution in [2.24, 2.45) is 0 Å². The summed E-state index contributed by atoms with van der Waals surface area (Å²) >= 11 is 1.28. The summed E-state index contributed by atoms with van der Waals surface area (Å²) in [5.74, 6) is -0.0393. The Balaban J connectivity index is 1.70. The van der Waals surface area contributed by atoms with E-state index in [4.69, 9.17) is 14.2 Å². The van der Waals surface area contributed by atoms with Crippen LogP contribution in [0.25, 0.3) is 10.2 Å². The van der Waals surface area contributed by atoms with Crippen LogP contribution in [0.15, 0.2) is 30.3 Å². The zero-order chi connectivity index (χ0) is 17.6.